The van der Waals surface area contributed by atoms with Crippen LogP contribution in [0.3, 0.4) is 0 Å². The van der Waals surface area contributed by atoms with E-state index in [1.165, 1.54) is 11.1 Å². The van der Waals surface area contributed by atoms with Gasteiger partial charge in [-0.1, -0.05) is 24.3 Å². The number of carbonyl (C=O) groups excluding carboxylic acids is 1. The third-order valence-corrected chi connectivity index (χ3v) is 4.08. The number of nitrogens with zero attached hydrogens (tertiary/aromatic N) is 2. The van der Waals surface area contributed by atoms with Gasteiger partial charge in [-0.15, -0.1) is 0 Å². The first-order chi connectivity index (χ1) is 11.9. The number of fused-ring (bicyclic) bond motifs is 1. The normalized spacial score (nSPS) is 15.4. The summed E-state index contributed by atoms with van der Waals surface area (Å²) in [5.74, 6) is 0.615. The molecular formula is C19H31N5O. The molecule has 1 heterocycles. The van der Waals surface area contributed by atoms with Gasteiger partial charge in [0.2, 0.25) is 5.91 Å². The van der Waals surface area contributed by atoms with Gasteiger partial charge in [0.1, 0.15) is 0 Å². The van der Waals surface area contributed by atoms with Crippen molar-refractivity contribution in [2.24, 2.45) is 4.99 Å². The molecule has 0 aromatic heterocycles. The monoisotopic (exact) mass is 345 g/mol. The minimum atomic E-state index is -0.222. The highest BCUT2D eigenvalue weighted by molar-refractivity contribution is 5.86. The van der Waals surface area contributed by atoms with Gasteiger partial charge >= 0.3 is 0 Å². The Labute approximate surface area is 151 Å². The van der Waals surface area contributed by atoms with E-state index in [2.05, 4.69) is 50.1 Å². The lowest BCUT2D eigenvalue weighted by molar-refractivity contribution is -0.121. The second-order valence-corrected chi connectivity index (χ2v) is 7.45. The first kappa shape index (κ1) is 19.2. The predicted octanol–water partition coefficient (Wildman–Crippen LogP) is 1.12. The Balaban J connectivity index is 1.69. The van der Waals surface area contributed by atoms with Crippen LogP contribution < -0.4 is 16.0 Å². The van der Waals surface area contributed by atoms with E-state index < -0.39 is 0 Å². The van der Waals surface area contributed by atoms with Crippen LogP contribution in [0.2, 0.25) is 0 Å². The molecule has 25 heavy (non-hydrogen) atoms. The molecule has 0 saturated carbocycles. The van der Waals surface area contributed by atoms with Crippen molar-refractivity contribution in [3.8, 4) is 0 Å². The number of hydrogen-bond acceptors (Lipinski definition) is 3. The van der Waals surface area contributed by atoms with E-state index in [0.717, 1.165) is 32.6 Å². The van der Waals surface area contributed by atoms with Gasteiger partial charge in [-0.05, 0) is 38.3 Å². The van der Waals surface area contributed by atoms with Crippen molar-refractivity contribution in [3.05, 3.63) is 35.4 Å². The number of amides is 1. The van der Waals surface area contributed by atoms with E-state index in [1.807, 2.05) is 20.8 Å². The SMILES string of the molecule is CN=C(NCCN1CCc2ccccc2C1)NCC(=O)NC(C)(C)C. The number of benzene rings is 1. The molecule has 3 N–H and O–H groups in total. The lowest BCUT2D eigenvalue weighted by Gasteiger charge is -2.28. The molecule has 1 amide bonds. The van der Waals surface area contributed by atoms with Gasteiger partial charge in [-0.25, -0.2) is 0 Å². The summed E-state index contributed by atoms with van der Waals surface area (Å²) >= 11 is 0. The summed E-state index contributed by atoms with van der Waals surface area (Å²) < 4.78 is 0. The Morgan fingerprint density at radius 1 is 1.20 bits per heavy atom. The summed E-state index contributed by atoms with van der Waals surface area (Å²) in [4.78, 5) is 18.5. The van der Waals surface area contributed by atoms with Crippen molar-refractivity contribution in [2.45, 2.75) is 39.3 Å². The topological polar surface area (TPSA) is 68.8 Å². The molecule has 1 aliphatic rings. The van der Waals surface area contributed by atoms with Crippen LogP contribution in [0, 0.1) is 0 Å². The number of rotatable bonds is 5. The van der Waals surface area contributed by atoms with Crippen LogP contribution in [0.1, 0.15) is 31.9 Å². The molecular weight excluding hydrogens is 314 g/mol. The molecule has 0 spiro atoms. The van der Waals surface area contributed by atoms with Gasteiger partial charge in [0.15, 0.2) is 5.96 Å². The minimum absolute atomic E-state index is 0.0388. The predicted molar refractivity (Wildman–Crippen MR) is 103 cm³/mol. The van der Waals surface area contributed by atoms with Crippen LogP contribution in [-0.2, 0) is 17.8 Å². The van der Waals surface area contributed by atoms with Crippen LogP contribution in [-0.4, -0.2) is 55.5 Å². The summed E-state index contributed by atoms with van der Waals surface area (Å²) in [7, 11) is 1.72. The molecule has 1 aromatic rings. The highest BCUT2D eigenvalue weighted by atomic mass is 16.2. The molecule has 0 fully saturated rings. The molecule has 6 heteroatoms. The Hall–Kier alpha value is -2.08. The second-order valence-electron chi connectivity index (χ2n) is 7.45. The Kier molecular flexibility index (Phi) is 6.82. The van der Waals surface area contributed by atoms with Crippen LogP contribution in [0.25, 0.3) is 0 Å². The maximum atomic E-state index is 11.9. The molecule has 6 nitrogen and oxygen atoms in total. The summed E-state index contributed by atoms with van der Waals surface area (Å²) in [5, 5.41) is 9.25. The number of hydrogen-bond donors (Lipinski definition) is 3. The van der Waals surface area contributed by atoms with E-state index in [9.17, 15) is 4.79 Å². The molecule has 1 aliphatic heterocycles. The van der Waals surface area contributed by atoms with Gasteiger partial charge in [0.25, 0.3) is 0 Å². The third-order valence-electron chi connectivity index (χ3n) is 4.08. The molecule has 138 valence electrons. The molecule has 0 saturated heterocycles. The van der Waals surface area contributed by atoms with Crippen molar-refractivity contribution in [2.75, 3.05) is 33.2 Å². The molecule has 0 bridgehead atoms. The second kappa shape index (κ2) is 8.85. The van der Waals surface area contributed by atoms with E-state index in [0.29, 0.717) is 5.96 Å². The van der Waals surface area contributed by atoms with Crippen molar-refractivity contribution in [1.82, 2.24) is 20.9 Å². The first-order valence-corrected chi connectivity index (χ1v) is 8.92. The maximum absolute atomic E-state index is 11.9. The van der Waals surface area contributed by atoms with E-state index >= 15 is 0 Å². The van der Waals surface area contributed by atoms with Crippen molar-refractivity contribution < 1.29 is 4.79 Å². The number of guanidine groups is 1. The standard InChI is InChI=1S/C19H31N5O/c1-19(2,3)23-17(25)13-22-18(20-4)21-10-12-24-11-9-15-7-5-6-8-16(15)14-24/h5-8H,9-14H2,1-4H3,(H,23,25)(H2,20,21,22). The Morgan fingerprint density at radius 3 is 2.60 bits per heavy atom. The van der Waals surface area contributed by atoms with Crippen LogP contribution >= 0.6 is 0 Å². The summed E-state index contributed by atoms with van der Waals surface area (Å²) in [6.07, 6.45) is 1.11. The fourth-order valence-corrected chi connectivity index (χ4v) is 2.92. The van der Waals surface area contributed by atoms with E-state index in [-0.39, 0.29) is 18.0 Å². The summed E-state index contributed by atoms with van der Waals surface area (Å²) in [5.41, 5.74) is 2.67. The fourth-order valence-electron chi connectivity index (χ4n) is 2.92. The smallest absolute Gasteiger partial charge is 0.239 e. The molecule has 0 atom stereocenters. The number of aliphatic imine (C=N–C) groups is 1. The van der Waals surface area contributed by atoms with Gasteiger partial charge in [-0.2, -0.15) is 0 Å². The molecule has 0 aliphatic carbocycles. The lowest BCUT2D eigenvalue weighted by atomic mass is 10.00. The third kappa shape index (κ3) is 6.74. The number of nitrogens with one attached hydrogen (secondary N) is 3. The zero-order valence-electron chi connectivity index (χ0n) is 15.9. The molecule has 2 rings (SSSR count). The lowest BCUT2D eigenvalue weighted by Crippen LogP contribution is -2.49. The Morgan fingerprint density at radius 2 is 1.92 bits per heavy atom. The molecule has 1 aromatic carbocycles. The zero-order chi connectivity index (χ0) is 18.3. The van der Waals surface area contributed by atoms with Crippen LogP contribution in [0.4, 0.5) is 0 Å². The largest absolute Gasteiger partial charge is 0.355 e. The average Bonchev–Trinajstić information content (AvgIpc) is 2.56. The molecule has 0 unspecified atom stereocenters. The first-order valence-electron chi connectivity index (χ1n) is 8.92. The Bertz CT molecular complexity index is 606. The van der Waals surface area contributed by atoms with Gasteiger partial charge in [0.05, 0.1) is 6.54 Å². The summed E-state index contributed by atoms with van der Waals surface area (Å²) in [6.45, 7) is 9.94. The number of carbonyl (C=O) groups is 1. The van der Waals surface area contributed by atoms with E-state index in [1.54, 1.807) is 7.05 Å². The summed E-state index contributed by atoms with van der Waals surface area (Å²) in [6, 6.07) is 8.65. The van der Waals surface area contributed by atoms with Gasteiger partial charge < -0.3 is 16.0 Å². The highest BCUT2D eigenvalue weighted by Gasteiger charge is 2.16. The van der Waals surface area contributed by atoms with Gasteiger partial charge in [-0.3, -0.25) is 14.7 Å². The van der Waals surface area contributed by atoms with Crippen molar-refractivity contribution in [1.29, 1.82) is 0 Å². The van der Waals surface area contributed by atoms with E-state index in [4.69, 9.17) is 0 Å². The molecule has 0 radical (unpaired) electrons. The van der Waals surface area contributed by atoms with Gasteiger partial charge in [0, 0.05) is 38.8 Å². The quantitative estimate of drug-likeness (QED) is 0.553. The van der Waals surface area contributed by atoms with Crippen LogP contribution in [0.15, 0.2) is 29.3 Å². The average molecular weight is 345 g/mol. The minimum Gasteiger partial charge on any atom is -0.355 e. The van der Waals surface area contributed by atoms with Crippen molar-refractivity contribution in [3.63, 3.8) is 0 Å². The zero-order valence-corrected chi connectivity index (χ0v) is 15.9. The fraction of sp³-hybridized carbons (Fsp3) is 0.579. The van der Waals surface area contributed by atoms with Crippen molar-refractivity contribution >= 4 is 11.9 Å². The maximum Gasteiger partial charge on any atom is 0.239 e. The highest BCUT2D eigenvalue weighted by Crippen LogP contribution is 2.17. The van der Waals surface area contributed by atoms with Crippen LogP contribution in [0.5, 0.6) is 0 Å².